The average Bonchev–Trinajstić information content (AvgIpc) is 3.15. The molecule has 1 aliphatic rings. The fraction of sp³-hybridized carbons (Fsp3) is 0.688. The predicted octanol–water partition coefficient (Wildman–Crippen LogP) is -1.44. The fourth-order valence-electron chi connectivity index (χ4n) is 3.17. The number of fused-ring (bicyclic) bond motifs is 1. The molecule has 7 atom stereocenters. The van der Waals surface area contributed by atoms with Crippen molar-refractivity contribution in [3.63, 3.8) is 0 Å². The Bertz CT molecular complexity index is 769. The van der Waals surface area contributed by atoms with Gasteiger partial charge in [-0.3, -0.25) is 4.57 Å². The van der Waals surface area contributed by atoms with E-state index in [2.05, 4.69) is 15.0 Å². The van der Waals surface area contributed by atoms with Crippen LogP contribution >= 0.6 is 0 Å². The molecule has 0 bridgehead atoms. The molecular weight excluding hydrogens is 358 g/mol. The molecule has 1 aliphatic heterocycles. The fourth-order valence-corrected chi connectivity index (χ4v) is 3.17. The van der Waals surface area contributed by atoms with E-state index in [-0.39, 0.29) is 18.8 Å². The maximum atomic E-state index is 10.5. The zero-order chi connectivity index (χ0) is 19.7. The van der Waals surface area contributed by atoms with Crippen LogP contribution in [0.25, 0.3) is 11.2 Å². The monoisotopic (exact) mass is 383 g/mol. The molecule has 27 heavy (non-hydrogen) atoms. The molecule has 1 fully saturated rings. The van der Waals surface area contributed by atoms with Crippen molar-refractivity contribution >= 4 is 17.0 Å². The Hall–Kier alpha value is -1.89. The zero-order valence-electron chi connectivity index (χ0n) is 15.1. The third kappa shape index (κ3) is 4.03. The summed E-state index contributed by atoms with van der Waals surface area (Å²) in [6.45, 7) is 3.14. The number of anilines is 1. The molecule has 150 valence electrons. The highest BCUT2D eigenvalue weighted by atomic mass is 16.6. The minimum absolute atomic E-state index is 0.00247. The van der Waals surface area contributed by atoms with E-state index in [0.717, 1.165) is 0 Å². The minimum atomic E-state index is -1.28. The Labute approximate surface area is 155 Å². The summed E-state index contributed by atoms with van der Waals surface area (Å²) in [5, 5.41) is 40.2. The predicted molar refractivity (Wildman–Crippen MR) is 93.4 cm³/mol. The summed E-state index contributed by atoms with van der Waals surface area (Å²) >= 11 is 0. The van der Waals surface area contributed by atoms with Gasteiger partial charge in [0.05, 0.1) is 31.2 Å². The maximum Gasteiger partial charge on any atom is 0.167 e. The van der Waals surface area contributed by atoms with Crippen LogP contribution < -0.4 is 5.73 Å². The number of aliphatic hydroxyl groups is 4. The summed E-state index contributed by atoms with van der Waals surface area (Å²) < 4.78 is 13.0. The molecule has 0 aromatic carbocycles. The number of nitrogens with two attached hydrogens (primary N) is 1. The smallest absolute Gasteiger partial charge is 0.167 e. The van der Waals surface area contributed by atoms with Gasteiger partial charge in [0.1, 0.15) is 30.2 Å². The van der Waals surface area contributed by atoms with Crippen molar-refractivity contribution in [3.05, 3.63) is 12.7 Å². The summed E-state index contributed by atoms with van der Waals surface area (Å²) in [4.78, 5) is 12.1. The Balaban J connectivity index is 1.86. The lowest BCUT2D eigenvalue weighted by Gasteiger charge is -2.27. The summed E-state index contributed by atoms with van der Waals surface area (Å²) in [6.07, 6.45) is -3.80. The molecule has 0 amide bonds. The molecule has 6 N–H and O–H groups in total. The van der Waals surface area contributed by atoms with Gasteiger partial charge >= 0.3 is 0 Å². The molecule has 11 heteroatoms. The van der Waals surface area contributed by atoms with Crippen LogP contribution in [0.4, 0.5) is 5.82 Å². The molecule has 1 saturated heterocycles. The van der Waals surface area contributed by atoms with Crippen molar-refractivity contribution in [3.8, 4) is 0 Å². The van der Waals surface area contributed by atoms with Crippen molar-refractivity contribution < 1.29 is 29.9 Å². The van der Waals surface area contributed by atoms with Gasteiger partial charge in [-0.25, -0.2) is 15.0 Å². The summed E-state index contributed by atoms with van der Waals surface area (Å²) in [6, 6.07) is 0. The van der Waals surface area contributed by atoms with E-state index >= 15 is 0 Å². The van der Waals surface area contributed by atoms with E-state index in [9.17, 15) is 20.4 Å². The van der Waals surface area contributed by atoms with Crippen molar-refractivity contribution in [2.24, 2.45) is 0 Å². The normalized spacial score (nSPS) is 29.1. The van der Waals surface area contributed by atoms with Crippen LogP contribution in [0.5, 0.6) is 0 Å². The Morgan fingerprint density at radius 3 is 2.59 bits per heavy atom. The molecule has 2 aromatic heterocycles. The average molecular weight is 383 g/mol. The second-order valence-electron chi connectivity index (χ2n) is 6.86. The third-order valence-electron chi connectivity index (χ3n) is 4.43. The Morgan fingerprint density at radius 1 is 1.19 bits per heavy atom. The lowest BCUT2D eigenvalue weighted by Crippen LogP contribution is -2.42. The first kappa shape index (κ1) is 19.9. The van der Waals surface area contributed by atoms with Gasteiger partial charge < -0.3 is 35.6 Å². The number of aliphatic hydroxyl groups excluding tert-OH is 4. The highest BCUT2D eigenvalue weighted by molar-refractivity contribution is 5.81. The van der Waals surface area contributed by atoms with E-state index in [4.69, 9.17) is 15.2 Å². The molecule has 3 heterocycles. The van der Waals surface area contributed by atoms with Crippen LogP contribution in [-0.4, -0.2) is 83.2 Å². The van der Waals surface area contributed by atoms with Crippen LogP contribution in [0.3, 0.4) is 0 Å². The van der Waals surface area contributed by atoms with Crippen LogP contribution in [0.15, 0.2) is 12.7 Å². The highest BCUT2D eigenvalue weighted by Crippen LogP contribution is 2.35. The first-order valence-corrected chi connectivity index (χ1v) is 8.72. The van der Waals surface area contributed by atoms with Crippen LogP contribution in [-0.2, 0) is 9.47 Å². The van der Waals surface area contributed by atoms with Gasteiger partial charge in [-0.15, -0.1) is 0 Å². The van der Waals surface area contributed by atoms with Gasteiger partial charge in [-0.05, 0) is 13.8 Å². The molecule has 2 aromatic rings. The number of rotatable bonds is 7. The van der Waals surface area contributed by atoms with Gasteiger partial charge in [0.15, 0.2) is 17.7 Å². The van der Waals surface area contributed by atoms with Gasteiger partial charge in [-0.1, -0.05) is 0 Å². The molecule has 0 radical (unpaired) electrons. The molecule has 0 saturated carbocycles. The second kappa shape index (κ2) is 8.00. The number of imidazole rings is 1. The van der Waals surface area contributed by atoms with Crippen LogP contribution in [0.1, 0.15) is 26.5 Å². The summed E-state index contributed by atoms with van der Waals surface area (Å²) in [7, 11) is 0. The van der Waals surface area contributed by atoms with E-state index in [1.54, 1.807) is 13.8 Å². The molecular formula is C16H25N5O6. The van der Waals surface area contributed by atoms with Crippen LogP contribution in [0.2, 0.25) is 0 Å². The quantitative estimate of drug-likeness (QED) is 0.382. The number of ether oxygens (including phenoxy) is 2. The van der Waals surface area contributed by atoms with Gasteiger partial charge in [0, 0.05) is 6.42 Å². The second-order valence-corrected chi connectivity index (χ2v) is 6.86. The van der Waals surface area contributed by atoms with E-state index < -0.39 is 42.9 Å². The first-order valence-electron chi connectivity index (χ1n) is 8.72. The molecule has 0 spiro atoms. The number of hydrogen-bond donors (Lipinski definition) is 5. The molecule has 3 unspecified atom stereocenters. The molecule has 0 aliphatic carbocycles. The lowest BCUT2D eigenvalue weighted by atomic mass is 10.0. The third-order valence-corrected chi connectivity index (χ3v) is 4.43. The van der Waals surface area contributed by atoms with Crippen molar-refractivity contribution in [2.75, 3.05) is 12.3 Å². The first-order chi connectivity index (χ1) is 12.8. The Morgan fingerprint density at radius 2 is 1.93 bits per heavy atom. The number of aromatic nitrogens is 4. The number of nitrogens with zero attached hydrogens (tertiary/aromatic N) is 4. The number of hydrogen-bond acceptors (Lipinski definition) is 10. The van der Waals surface area contributed by atoms with Crippen molar-refractivity contribution in [1.82, 2.24) is 19.5 Å². The Kier molecular flexibility index (Phi) is 5.89. The van der Waals surface area contributed by atoms with Gasteiger partial charge in [0.25, 0.3) is 0 Å². The SMILES string of the molecule is CC(O)COC(CC(C)O)[C@H]1O[C@@H](n2cnc3c(N)ncnc32)[C@H](O)[C@@H]1O. The van der Waals surface area contributed by atoms with Gasteiger partial charge in [-0.2, -0.15) is 0 Å². The highest BCUT2D eigenvalue weighted by Gasteiger charge is 2.48. The van der Waals surface area contributed by atoms with Crippen molar-refractivity contribution in [1.29, 1.82) is 0 Å². The topological polar surface area (TPSA) is 169 Å². The van der Waals surface area contributed by atoms with E-state index in [0.29, 0.717) is 11.2 Å². The van der Waals surface area contributed by atoms with Gasteiger partial charge in [0.2, 0.25) is 0 Å². The zero-order valence-corrected chi connectivity index (χ0v) is 15.1. The van der Waals surface area contributed by atoms with Crippen LogP contribution in [0, 0.1) is 0 Å². The molecule has 11 nitrogen and oxygen atoms in total. The molecule has 3 rings (SSSR count). The summed E-state index contributed by atoms with van der Waals surface area (Å²) in [5.41, 5.74) is 6.49. The number of nitrogen functional groups attached to an aromatic ring is 1. The summed E-state index contributed by atoms with van der Waals surface area (Å²) in [5.74, 6) is 0.190. The maximum absolute atomic E-state index is 10.5. The minimum Gasteiger partial charge on any atom is -0.393 e. The standard InChI is InChI=1S/C16H25N5O6/c1-7(22)3-9(26-4-8(2)23)13-11(24)12(25)16(27-13)21-6-20-10-14(17)18-5-19-15(10)21/h5-9,11-13,16,22-25H,3-4H2,1-2H3,(H2,17,18,19)/t7?,8?,9?,11-,12+,13+,16+/m0/s1. The van der Waals surface area contributed by atoms with Crippen molar-refractivity contribution in [2.45, 2.75) is 63.1 Å². The lowest BCUT2D eigenvalue weighted by molar-refractivity contribution is -0.127. The largest absolute Gasteiger partial charge is 0.393 e. The van der Waals surface area contributed by atoms with E-state index in [1.165, 1.54) is 17.2 Å². The van der Waals surface area contributed by atoms with E-state index in [1.807, 2.05) is 0 Å².